The molecule has 0 fully saturated rings. The summed E-state index contributed by atoms with van der Waals surface area (Å²) in [7, 11) is 1.66. The number of rotatable bonds is 11. The van der Waals surface area contributed by atoms with Gasteiger partial charge in [0.1, 0.15) is 6.54 Å². The van der Waals surface area contributed by atoms with Crippen molar-refractivity contribution in [2.45, 2.75) is 65.2 Å². The van der Waals surface area contributed by atoms with Gasteiger partial charge in [-0.3, -0.25) is 9.59 Å². The Kier molecular flexibility index (Phi) is 11.3. The zero-order chi connectivity index (χ0) is 14.5. The van der Waals surface area contributed by atoms with Gasteiger partial charge in [-0.2, -0.15) is 0 Å². The lowest BCUT2D eigenvalue weighted by Gasteiger charge is -2.16. The molecule has 0 atom stereocenters. The summed E-state index contributed by atoms with van der Waals surface area (Å²) < 4.78 is 5.03. The average molecular weight is 271 g/mol. The van der Waals surface area contributed by atoms with Crippen LogP contribution in [-0.4, -0.2) is 37.0 Å². The standard InChI is InChI=1S/C15H29NO3/c1-4-6-8-9-10-11-14(17)16(3)13-15(18)19-12-7-5-2/h4-13H2,1-3H3. The monoisotopic (exact) mass is 271 g/mol. The van der Waals surface area contributed by atoms with Crippen LogP contribution < -0.4 is 0 Å². The maximum absolute atomic E-state index is 11.8. The van der Waals surface area contributed by atoms with Gasteiger partial charge in [0.15, 0.2) is 0 Å². The summed E-state index contributed by atoms with van der Waals surface area (Å²) in [4.78, 5) is 24.7. The molecule has 0 N–H and O–H groups in total. The smallest absolute Gasteiger partial charge is 0.325 e. The summed E-state index contributed by atoms with van der Waals surface area (Å²) in [6, 6.07) is 0. The summed E-state index contributed by atoms with van der Waals surface area (Å²) >= 11 is 0. The minimum atomic E-state index is -0.310. The Morgan fingerprint density at radius 1 is 0.947 bits per heavy atom. The predicted octanol–water partition coefficient (Wildman–Crippen LogP) is 3.15. The summed E-state index contributed by atoms with van der Waals surface area (Å²) in [6.07, 6.45) is 8.03. The fourth-order valence-electron chi connectivity index (χ4n) is 1.73. The molecule has 0 aromatic rings. The molecule has 0 aliphatic heterocycles. The molecule has 0 aliphatic carbocycles. The molecule has 0 unspecified atom stereocenters. The predicted molar refractivity (Wildman–Crippen MR) is 76.9 cm³/mol. The Hall–Kier alpha value is -1.06. The first-order valence-electron chi connectivity index (χ1n) is 7.51. The van der Waals surface area contributed by atoms with Gasteiger partial charge < -0.3 is 9.64 Å². The van der Waals surface area contributed by atoms with Crippen LogP contribution in [0.5, 0.6) is 0 Å². The van der Waals surface area contributed by atoms with Crippen LogP contribution in [0.2, 0.25) is 0 Å². The summed E-state index contributed by atoms with van der Waals surface area (Å²) in [5.41, 5.74) is 0. The van der Waals surface area contributed by atoms with Crippen molar-refractivity contribution < 1.29 is 14.3 Å². The van der Waals surface area contributed by atoms with E-state index in [1.54, 1.807) is 7.05 Å². The molecule has 0 saturated heterocycles. The second kappa shape index (κ2) is 12.0. The highest BCUT2D eigenvalue weighted by molar-refractivity contribution is 5.81. The van der Waals surface area contributed by atoms with Gasteiger partial charge in [-0.1, -0.05) is 46.0 Å². The highest BCUT2D eigenvalue weighted by atomic mass is 16.5. The van der Waals surface area contributed by atoms with Crippen molar-refractivity contribution in [3.8, 4) is 0 Å². The Morgan fingerprint density at radius 3 is 2.21 bits per heavy atom. The van der Waals surface area contributed by atoms with Gasteiger partial charge in [-0.25, -0.2) is 0 Å². The number of hydrogen-bond acceptors (Lipinski definition) is 3. The molecule has 112 valence electrons. The first kappa shape index (κ1) is 17.9. The van der Waals surface area contributed by atoms with Gasteiger partial charge in [-0.05, 0) is 12.8 Å². The van der Waals surface area contributed by atoms with Crippen LogP contribution in [0.4, 0.5) is 0 Å². The molecule has 0 aliphatic rings. The van der Waals surface area contributed by atoms with Crippen molar-refractivity contribution in [3.05, 3.63) is 0 Å². The van der Waals surface area contributed by atoms with E-state index in [1.807, 2.05) is 6.92 Å². The van der Waals surface area contributed by atoms with Crippen molar-refractivity contribution in [3.63, 3.8) is 0 Å². The molecule has 0 spiro atoms. The molecule has 0 saturated carbocycles. The summed E-state index contributed by atoms with van der Waals surface area (Å²) in [5.74, 6) is -0.278. The number of carbonyl (C=O) groups excluding carboxylic acids is 2. The van der Waals surface area contributed by atoms with Crippen molar-refractivity contribution in [2.75, 3.05) is 20.2 Å². The van der Waals surface area contributed by atoms with E-state index < -0.39 is 0 Å². The Labute approximate surface area is 117 Å². The molecule has 4 heteroatoms. The molecule has 0 rings (SSSR count). The van der Waals surface area contributed by atoms with Crippen molar-refractivity contribution >= 4 is 11.9 Å². The lowest BCUT2D eigenvalue weighted by molar-refractivity contribution is -0.148. The van der Waals surface area contributed by atoms with Crippen LogP contribution in [0.15, 0.2) is 0 Å². The third-order valence-corrected chi connectivity index (χ3v) is 3.05. The Bertz CT molecular complexity index is 254. The Morgan fingerprint density at radius 2 is 1.58 bits per heavy atom. The molecular weight excluding hydrogens is 242 g/mol. The van der Waals surface area contributed by atoms with E-state index in [2.05, 4.69) is 6.92 Å². The fourth-order valence-corrected chi connectivity index (χ4v) is 1.73. The molecule has 0 aromatic heterocycles. The third kappa shape index (κ3) is 10.5. The topological polar surface area (TPSA) is 46.6 Å². The molecule has 0 aromatic carbocycles. The van der Waals surface area contributed by atoms with Crippen LogP contribution in [0.25, 0.3) is 0 Å². The van der Waals surface area contributed by atoms with E-state index in [0.717, 1.165) is 25.7 Å². The quantitative estimate of drug-likeness (QED) is 0.428. The van der Waals surface area contributed by atoms with Gasteiger partial charge in [0.25, 0.3) is 0 Å². The molecule has 0 heterocycles. The summed E-state index contributed by atoms with van der Waals surface area (Å²) in [6.45, 7) is 4.73. The second-order valence-electron chi connectivity index (χ2n) is 4.99. The zero-order valence-electron chi connectivity index (χ0n) is 12.7. The average Bonchev–Trinajstić information content (AvgIpc) is 2.38. The number of unbranched alkanes of at least 4 members (excludes halogenated alkanes) is 5. The van der Waals surface area contributed by atoms with E-state index in [1.165, 1.54) is 24.2 Å². The number of carbonyl (C=O) groups is 2. The van der Waals surface area contributed by atoms with E-state index in [-0.39, 0.29) is 18.4 Å². The molecule has 19 heavy (non-hydrogen) atoms. The van der Waals surface area contributed by atoms with E-state index in [0.29, 0.717) is 13.0 Å². The molecule has 1 amide bonds. The number of nitrogens with zero attached hydrogens (tertiary/aromatic N) is 1. The minimum Gasteiger partial charge on any atom is -0.464 e. The normalized spacial score (nSPS) is 10.3. The number of ether oxygens (including phenoxy) is 1. The third-order valence-electron chi connectivity index (χ3n) is 3.05. The molecule has 0 bridgehead atoms. The van der Waals surface area contributed by atoms with Gasteiger partial charge in [-0.15, -0.1) is 0 Å². The lowest BCUT2D eigenvalue weighted by Crippen LogP contribution is -2.33. The van der Waals surface area contributed by atoms with Gasteiger partial charge in [0, 0.05) is 13.5 Å². The van der Waals surface area contributed by atoms with Crippen LogP contribution in [0.3, 0.4) is 0 Å². The van der Waals surface area contributed by atoms with Crippen molar-refractivity contribution in [1.82, 2.24) is 4.90 Å². The maximum Gasteiger partial charge on any atom is 0.325 e. The van der Waals surface area contributed by atoms with Crippen LogP contribution in [0, 0.1) is 0 Å². The van der Waals surface area contributed by atoms with Gasteiger partial charge in [0.2, 0.25) is 5.91 Å². The lowest BCUT2D eigenvalue weighted by atomic mass is 10.1. The summed E-state index contributed by atoms with van der Waals surface area (Å²) in [5, 5.41) is 0. The van der Waals surface area contributed by atoms with Crippen LogP contribution >= 0.6 is 0 Å². The van der Waals surface area contributed by atoms with E-state index in [9.17, 15) is 9.59 Å². The minimum absolute atomic E-state index is 0.0314. The van der Waals surface area contributed by atoms with Crippen LogP contribution in [0.1, 0.15) is 65.2 Å². The first-order valence-corrected chi connectivity index (χ1v) is 7.51. The molecule has 4 nitrogen and oxygen atoms in total. The van der Waals surface area contributed by atoms with Crippen LogP contribution in [-0.2, 0) is 14.3 Å². The van der Waals surface area contributed by atoms with Crippen molar-refractivity contribution in [2.24, 2.45) is 0 Å². The highest BCUT2D eigenvalue weighted by Crippen LogP contribution is 2.06. The zero-order valence-corrected chi connectivity index (χ0v) is 12.7. The number of likely N-dealkylation sites (N-methyl/N-ethyl adjacent to an activating group) is 1. The maximum atomic E-state index is 11.8. The first-order chi connectivity index (χ1) is 9.11. The van der Waals surface area contributed by atoms with E-state index >= 15 is 0 Å². The highest BCUT2D eigenvalue weighted by Gasteiger charge is 2.13. The number of hydrogen-bond donors (Lipinski definition) is 0. The fraction of sp³-hybridized carbons (Fsp3) is 0.867. The van der Waals surface area contributed by atoms with Crippen molar-refractivity contribution in [1.29, 1.82) is 0 Å². The van der Waals surface area contributed by atoms with Gasteiger partial charge in [0.05, 0.1) is 6.61 Å². The SMILES string of the molecule is CCCCCCCC(=O)N(C)CC(=O)OCCCC. The Balaban J connectivity index is 3.65. The van der Waals surface area contributed by atoms with E-state index in [4.69, 9.17) is 4.74 Å². The van der Waals surface area contributed by atoms with Gasteiger partial charge >= 0.3 is 5.97 Å². The number of esters is 1. The number of amides is 1. The largest absolute Gasteiger partial charge is 0.464 e. The molecule has 0 radical (unpaired) electrons. The second-order valence-corrected chi connectivity index (χ2v) is 4.99. The molecular formula is C15H29NO3.